The van der Waals surface area contributed by atoms with Gasteiger partial charge in [-0.2, -0.15) is 0 Å². The fraction of sp³-hybridized carbons (Fsp3) is 0. The molecule has 5 heteroatoms. The Hall–Kier alpha value is -6.43. The molecule has 4 nitrogen and oxygen atoms in total. The Morgan fingerprint density at radius 2 is 1.22 bits per heavy atom. The predicted octanol–water partition coefficient (Wildman–Crippen LogP) is 11.7. The van der Waals surface area contributed by atoms with Crippen LogP contribution in [0.4, 0.5) is 0 Å². The Balaban J connectivity index is 1.20. The number of thiophene rings is 1. The topological polar surface area (TPSA) is 53.5 Å². The van der Waals surface area contributed by atoms with E-state index in [9.17, 15) is 0 Å². The van der Waals surface area contributed by atoms with Gasteiger partial charge in [-0.3, -0.25) is 5.41 Å². The van der Waals surface area contributed by atoms with Crippen molar-refractivity contribution in [1.82, 2.24) is 4.57 Å². The standard InChI is InChI=1S/C45H30N4S/c46-44(33-18-11-17-32(25-33)31-15-5-2-6-16-31)48-45(47-29-30-13-3-1-4-14-30)34-19-12-20-35(26-34)49-40-23-9-7-21-36(40)38-28-43-39(27-41(38)49)37-22-8-10-24-42(37)50-43/h1-29,46H. The summed E-state index contributed by atoms with van der Waals surface area (Å²) in [5, 5.41) is 14.1. The number of para-hydroxylation sites is 1. The number of aliphatic imine (C=N–C) groups is 2. The molecule has 0 aliphatic heterocycles. The Morgan fingerprint density at radius 1 is 0.520 bits per heavy atom. The number of amidine groups is 2. The summed E-state index contributed by atoms with van der Waals surface area (Å²) >= 11 is 1.84. The first-order valence-electron chi connectivity index (χ1n) is 16.6. The van der Waals surface area contributed by atoms with E-state index in [2.05, 4.69) is 102 Å². The number of benzene rings is 7. The van der Waals surface area contributed by atoms with Crippen molar-refractivity contribution in [2.45, 2.75) is 0 Å². The van der Waals surface area contributed by atoms with Gasteiger partial charge in [-0.1, -0.05) is 127 Å². The van der Waals surface area contributed by atoms with Crippen LogP contribution in [0.25, 0.3) is 58.8 Å². The third kappa shape index (κ3) is 5.40. The van der Waals surface area contributed by atoms with E-state index in [1.54, 1.807) is 0 Å². The third-order valence-corrected chi connectivity index (χ3v) is 10.3. The lowest BCUT2D eigenvalue weighted by molar-refractivity contribution is 1.18. The maximum atomic E-state index is 9.12. The minimum absolute atomic E-state index is 0.150. The summed E-state index contributed by atoms with van der Waals surface area (Å²) in [5.41, 5.74) is 7.94. The van der Waals surface area contributed by atoms with Crippen LogP contribution in [0, 0.1) is 5.41 Å². The molecule has 0 unspecified atom stereocenters. The molecule has 0 atom stereocenters. The second kappa shape index (κ2) is 12.5. The molecule has 50 heavy (non-hydrogen) atoms. The molecule has 9 aromatic rings. The number of nitrogens with one attached hydrogen (secondary N) is 1. The van der Waals surface area contributed by atoms with Gasteiger partial charge in [0.1, 0.15) is 0 Å². The van der Waals surface area contributed by atoms with E-state index >= 15 is 0 Å². The van der Waals surface area contributed by atoms with Crippen LogP contribution in [-0.2, 0) is 0 Å². The van der Waals surface area contributed by atoms with Gasteiger partial charge in [0.2, 0.25) is 0 Å². The molecule has 0 saturated heterocycles. The minimum atomic E-state index is 0.150. The zero-order valence-electron chi connectivity index (χ0n) is 27.0. The number of hydrogen-bond acceptors (Lipinski definition) is 2. The molecule has 0 saturated carbocycles. The second-order valence-electron chi connectivity index (χ2n) is 12.3. The van der Waals surface area contributed by atoms with Gasteiger partial charge in [0.05, 0.1) is 11.0 Å². The summed E-state index contributed by atoms with van der Waals surface area (Å²) in [6, 6.07) is 58.5. The summed E-state index contributed by atoms with van der Waals surface area (Å²) in [7, 11) is 0. The van der Waals surface area contributed by atoms with Crippen LogP contribution in [0.3, 0.4) is 0 Å². The quantitative estimate of drug-likeness (QED) is 0.141. The molecule has 0 spiro atoms. The van der Waals surface area contributed by atoms with E-state index in [0.717, 1.165) is 44.5 Å². The molecule has 0 amide bonds. The largest absolute Gasteiger partial charge is 0.309 e. The van der Waals surface area contributed by atoms with E-state index in [1.807, 2.05) is 90.3 Å². The van der Waals surface area contributed by atoms with Crippen molar-refractivity contribution in [3.63, 3.8) is 0 Å². The van der Waals surface area contributed by atoms with E-state index in [0.29, 0.717) is 5.84 Å². The fourth-order valence-corrected chi connectivity index (χ4v) is 7.87. The average Bonchev–Trinajstić information content (AvgIpc) is 3.71. The van der Waals surface area contributed by atoms with Gasteiger partial charge in [-0.15, -0.1) is 11.3 Å². The minimum Gasteiger partial charge on any atom is -0.309 e. The fourth-order valence-electron chi connectivity index (χ4n) is 6.74. The van der Waals surface area contributed by atoms with Crippen LogP contribution in [-0.4, -0.2) is 22.5 Å². The molecule has 0 radical (unpaired) electrons. The highest BCUT2D eigenvalue weighted by molar-refractivity contribution is 7.25. The van der Waals surface area contributed by atoms with Gasteiger partial charge in [0, 0.05) is 54.0 Å². The number of aromatic nitrogens is 1. The van der Waals surface area contributed by atoms with Crippen LogP contribution >= 0.6 is 11.3 Å². The molecule has 9 rings (SSSR count). The van der Waals surface area contributed by atoms with Gasteiger partial charge >= 0.3 is 0 Å². The van der Waals surface area contributed by atoms with Crippen LogP contribution in [0.5, 0.6) is 0 Å². The van der Waals surface area contributed by atoms with Gasteiger partial charge in [-0.25, -0.2) is 9.98 Å². The number of rotatable bonds is 5. The third-order valence-electron chi connectivity index (χ3n) is 9.13. The maximum Gasteiger partial charge on any atom is 0.161 e. The zero-order chi connectivity index (χ0) is 33.4. The number of nitrogens with zero attached hydrogens (tertiary/aromatic N) is 3. The first-order valence-corrected chi connectivity index (χ1v) is 17.4. The molecular formula is C45H30N4S. The van der Waals surface area contributed by atoms with E-state index in [4.69, 9.17) is 15.4 Å². The van der Waals surface area contributed by atoms with Crippen molar-refractivity contribution in [3.8, 4) is 16.8 Å². The first-order chi connectivity index (χ1) is 24.7. The molecule has 0 aliphatic rings. The summed E-state index contributed by atoms with van der Waals surface area (Å²) in [6.07, 6.45) is 1.82. The van der Waals surface area contributed by atoms with E-state index in [1.165, 1.54) is 30.9 Å². The van der Waals surface area contributed by atoms with Crippen molar-refractivity contribution >= 4 is 71.2 Å². The lowest BCUT2D eigenvalue weighted by atomic mass is 10.0. The maximum absolute atomic E-state index is 9.12. The summed E-state index contributed by atoms with van der Waals surface area (Å²) in [4.78, 5) is 9.78. The zero-order valence-corrected chi connectivity index (χ0v) is 27.8. The Bertz CT molecular complexity index is 2770. The second-order valence-corrected chi connectivity index (χ2v) is 13.4. The SMILES string of the molecule is N=C(N=C(N=Cc1ccccc1)c1cccc(-n2c3ccccc3c3cc4sc5ccccc5c4cc32)c1)c1cccc(-c2ccccc2)c1. The molecule has 1 N–H and O–H groups in total. The molecule has 2 aromatic heterocycles. The van der Waals surface area contributed by atoms with E-state index in [-0.39, 0.29) is 5.84 Å². The predicted molar refractivity (Wildman–Crippen MR) is 213 cm³/mol. The van der Waals surface area contributed by atoms with Gasteiger partial charge in [0.25, 0.3) is 0 Å². The highest BCUT2D eigenvalue weighted by atomic mass is 32.1. The summed E-state index contributed by atoms with van der Waals surface area (Å²) < 4.78 is 4.92. The molecular weight excluding hydrogens is 629 g/mol. The Morgan fingerprint density at radius 3 is 2.08 bits per heavy atom. The average molecular weight is 659 g/mol. The first kappa shape index (κ1) is 29.7. The van der Waals surface area contributed by atoms with Crippen LogP contribution in [0.2, 0.25) is 0 Å². The van der Waals surface area contributed by atoms with Gasteiger partial charge < -0.3 is 4.57 Å². The summed E-state index contributed by atoms with van der Waals surface area (Å²) in [6.45, 7) is 0. The number of fused-ring (bicyclic) bond motifs is 6. The molecule has 2 heterocycles. The Kier molecular flexibility index (Phi) is 7.45. The van der Waals surface area contributed by atoms with Gasteiger partial charge in [-0.05, 0) is 59.2 Å². The summed E-state index contributed by atoms with van der Waals surface area (Å²) in [5.74, 6) is 0.620. The van der Waals surface area contributed by atoms with Crippen molar-refractivity contribution in [3.05, 3.63) is 187 Å². The number of hydrogen-bond donors (Lipinski definition) is 1. The Labute approximate surface area is 293 Å². The lowest BCUT2D eigenvalue weighted by Crippen LogP contribution is -2.06. The van der Waals surface area contributed by atoms with Crippen LogP contribution < -0.4 is 0 Å². The van der Waals surface area contributed by atoms with Crippen LogP contribution in [0.15, 0.2) is 180 Å². The highest BCUT2D eigenvalue weighted by Gasteiger charge is 2.16. The van der Waals surface area contributed by atoms with Crippen molar-refractivity contribution in [1.29, 1.82) is 5.41 Å². The van der Waals surface area contributed by atoms with Gasteiger partial charge in [0.15, 0.2) is 11.7 Å². The highest BCUT2D eigenvalue weighted by Crippen LogP contribution is 2.40. The van der Waals surface area contributed by atoms with E-state index < -0.39 is 0 Å². The smallest absolute Gasteiger partial charge is 0.161 e. The molecule has 7 aromatic carbocycles. The molecule has 0 fully saturated rings. The van der Waals surface area contributed by atoms with Crippen LogP contribution in [0.1, 0.15) is 16.7 Å². The van der Waals surface area contributed by atoms with Crippen molar-refractivity contribution in [2.75, 3.05) is 0 Å². The normalized spacial score (nSPS) is 12.1. The monoisotopic (exact) mass is 658 g/mol. The molecule has 0 bridgehead atoms. The molecule has 236 valence electrons. The van der Waals surface area contributed by atoms with Crippen molar-refractivity contribution in [2.24, 2.45) is 9.98 Å². The van der Waals surface area contributed by atoms with Crippen molar-refractivity contribution < 1.29 is 0 Å². The molecule has 0 aliphatic carbocycles. The lowest BCUT2D eigenvalue weighted by Gasteiger charge is -2.11.